The van der Waals surface area contributed by atoms with Crippen LogP contribution in [0.1, 0.15) is 11.1 Å². The molecule has 0 bridgehead atoms. The molecule has 0 radical (unpaired) electrons. The molecule has 0 heterocycles. The van der Waals surface area contributed by atoms with Gasteiger partial charge < -0.3 is 17.7 Å². The van der Waals surface area contributed by atoms with Crippen molar-refractivity contribution in [3.05, 3.63) is 35.4 Å². The Kier molecular flexibility index (Phi) is 6.57. The van der Waals surface area contributed by atoms with E-state index in [0.717, 1.165) is 12.1 Å². The Bertz CT molecular complexity index is 361. The normalized spacial score (nSPS) is 12.7. The molecule has 0 aliphatic carbocycles. The standard InChI is InChI=1S/C14H26O4Si2/c1-15-19(5,16-2)11-13-7-9-14(10-8-13)12-20(6,17-3)18-4/h7-10H,11-12H2,1-6H3. The van der Waals surface area contributed by atoms with Crippen molar-refractivity contribution in [2.24, 2.45) is 0 Å². The summed E-state index contributed by atoms with van der Waals surface area (Å²) in [6, 6.07) is 10.3. The molecule has 0 amide bonds. The summed E-state index contributed by atoms with van der Waals surface area (Å²) in [5, 5.41) is 0. The molecule has 0 spiro atoms. The smallest absolute Gasteiger partial charge is 0.338 e. The number of hydrogen-bond acceptors (Lipinski definition) is 4. The van der Waals surface area contributed by atoms with Gasteiger partial charge in [-0.3, -0.25) is 0 Å². The average molecular weight is 315 g/mol. The van der Waals surface area contributed by atoms with Crippen LogP contribution in [0.3, 0.4) is 0 Å². The minimum Gasteiger partial charge on any atom is -0.398 e. The van der Waals surface area contributed by atoms with Crippen molar-refractivity contribution in [2.75, 3.05) is 28.4 Å². The fraction of sp³-hybridized carbons (Fsp3) is 0.571. The summed E-state index contributed by atoms with van der Waals surface area (Å²) in [4.78, 5) is 0. The van der Waals surface area contributed by atoms with Crippen LogP contribution in [-0.4, -0.2) is 45.6 Å². The Morgan fingerprint density at radius 2 is 0.900 bits per heavy atom. The lowest BCUT2D eigenvalue weighted by atomic mass is 10.2. The van der Waals surface area contributed by atoms with Gasteiger partial charge >= 0.3 is 17.1 Å². The summed E-state index contributed by atoms with van der Waals surface area (Å²) in [6.45, 7) is 4.14. The monoisotopic (exact) mass is 314 g/mol. The zero-order valence-electron chi connectivity index (χ0n) is 13.4. The Morgan fingerprint density at radius 1 is 0.650 bits per heavy atom. The summed E-state index contributed by atoms with van der Waals surface area (Å²) in [7, 11) is 2.77. The van der Waals surface area contributed by atoms with Crippen LogP contribution in [0.15, 0.2) is 24.3 Å². The molecule has 1 aromatic rings. The van der Waals surface area contributed by atoms with Crippen molar-refractivity contribution >= 4 is 17.1 Å². The molecule has 0 aliphatic heterocycles. The van der Waals surface area contributed by atoms with Gasteiger partial charge in [0.25, 0.3) is 0 Å². The third-order valence-corrected chi connectivity index (χ3v) is 9.36. The maximum absolute atomic E-state index is 5.52. The van der Waals surface area contributed by atoms with E-state index >= 15 is 0 Å². The molecule has 0 fully saturated rings. The highest BCUT2D eigenvalue weighted by molar-refractivity contribution is 6.65. The van der Waals surface area contributed by atoms with Gasteiger partial charge in [0.1, 0.15) is 0 Å². The van der Waals surface area contributed by atoms with E-state index in [1.807, 2.05) is 0 Å². The van der Waals surface area contributed by atoms with E-state index in [-0.39, 0.29) is 0 Å². The van der Waals surface area contributed by atoms with Crippen LogP contribution in [0.2, 0.25) is 13.1 Å². The molecular formula is C14H26O4Si2. The van der Waals surface area contributed by atoms with Gasteiger partial charge in [0.15, 0.2) is 0 Å². The molecular weight excluding hydrogens is 288 g/mol. The van der Waals surface area contributed by atoms with E-state index in [0.29, 0.717) is 0 Å². The lowest BCUT2D eigenvalue weighted by molar-refractivity contribution is 0.248. The van der Waals surface area contributed by atoms with E-state index in [2.05, 4.69) is 37.4 Å². The van der Waals surface area contributed by atoms with Crippen LogP contribution in [0.5, 0.6) is 0 Å². The Balaban J connectivity index is 2.74. The molecule has 20 heavy (non-hydrogen) atoms. The number of rotatable bonds is 8. The summed E-state index contributed by atoms with van der Waals surface area (Å²) in [5.74, 6) is 0. The van der Waals surface area contributed by atoms with Gasteiger partial charge in [0, 0.05) is 40.5 Å². The van der Waals surface area contributed by atoms with Crippen molar-refractivity contribution in [3.8, 4) is 0 Å². The second-order valence-electron chi connectivity index (χ2n) is 5.25. The minimum absolute atomic E-state index is 0.851. The van der Waals surface area contributed by atoms with E-state index in [1.165, 1.54) is 11.1 Å². The SMILES string of the molecule is CO[Si](C)(Cc1ccc(C[Si](C)(OC)OC)cc1)OC. The summed E-state index contributed by atoms with van der Waals surface area (Å²) < 4.78 is 22.1. The van der Waals surface area contributed by atoms with Crippen molar-refractivity contribution < 1.29 is 17.7 Å². The van der Waals surface area contributed by atoms with Crippen LogP contribution < -0.4 is 0 Å². The predicted molar refractivity (Wildman–Crippen MR) is 85.1 cm³/mol. The quantitative estimate of drug-likeness (QED) is 0.691. The van der Waals surface area contributed by atoms with Crippen LogP contribution in [-0.2, 0) is 29.8 Å². The number of hydrogen-bond donors (Lipinski definition) is 0. The maximum Gasteiger partial charge on any atom is 0.338 e. The van der Waals surface area contributed by atoms with E-state index in [4.69, 9.17) is 17.7 Å². The predicted octanol–water partition coefficient (Wildman–Crippen LogP) is 2.58. The molecule has 0 saturated carbocycles. The van der Waals surface area contributed by atoms with Crippen LogP contribution in [0, 0.1) is 0 Å². The molecule has 4 nitrogen and oxygen atoms in total. The molecule has 1 aromatic carbocycles. The highest BCUT2D eigenvalue weighted by Gasteiger charge is 2.30. The molecule has 1 rings (SSSR count). The Hall–Kier alpha value is -0.506. The Labute approximate surface area is 124 Å². The summed E-state index contributed by atoms with van der Waals surface area (Å²) in [5.41, 5.74) is 2.48. The van der Waals surface area contributed by atoms with Gasteiger partial charge in [0.05, 0.1) is 0 Å². The zero-order valence-corrected chi connectivity index (χ0v) is 15.4. The molecule has 0 N–H and O–H groups in total. The molecule has 0 unspecified atom stereocenters. The fourth-order valence-electron chi connectivity index (χ4n) is 1.97. The fourth-order valence-corrected chi connectivity index (χ4v) is 4.84. The van der Waals surface area contributed by atoms with Gasteiger partial charge in [-0.15, -0.1) is 0 Å². The topological polar surface area (TPSA) is 36.9 Å². The minimum atomic E-state index is -2.06. The lowest BCUT2D eigenvalue weighted by Gasteiger charge is -2.24. The molecule has 0 saturated heterocycles. The molecule has 0 aromatic heterocycles. The molecule has 0 atom stereocenters. The van der Waals surface area contributed by atoms with E-state index in [1.54, 1.807) is 28.4 Å². The average Bonchev–Trinajstić information content (AvgIpc) is 2.49. The van der Waals surface area contributed by atoms with Gasteiger partial charge in [-0.05, 0) is 24.2 Å². The number of benzene rings is 1. The third kappa shape index (κ3) is 4.80. The first-order chi connectivity index (χ1) is 9.40. The highest BCUT2D eigenvalue weighted by atomic mass is 28.4. The zero-order chi connectivity index (χ0) is 15.2. The van der Waals surface area contributed by atoms with Crippen molar-refractivity contribution in [2.45, 2.75) is 25.2 Å². The largest absolute Gasteiger partial charge is 0.398 e. The van der Waals surface area contributed by atoms with Crippen LogP contribution >= 0.6 is 0 Å². The first-order valence-electron chi connectivity index (χ1n) is 6.69. The second kappa shape index (κ2) is 7.49. The first kappa shape index (κ1) is 17.5. The van der Waals surface area contributed by atoms with Gasteiger partial charge in [-0.25, -0.2) is 0 Å². The van der Waals surface area contributed by atoms with Gasteiger partial charge in [-0.1, -0.05) is 24.3 Å². The maximum atomic E-state index is 5.52. The molecule has 6 heteroatoms. The van der Waals surface area contributed by atoms with Crippen LogP contribution in [0.25, 0.3) is 0 Å². The Morgan fingerprint density at radius 3 is 1.10 bits per heavy atom. The molecule has 114 valence electrons. The summed E-state index contributed by atoms with van der Waals surface area (Å²) >= 11 is 0. The van der Waals surface area contributed by atoms with E-state index in [9.17, 15) is 0 Å². The third-order valence-electron chi connectivity index (χ3n) is 3.80. The second-order valence-corrected chi connectivity index (χ2v) is 12.1. The summed E-state index contributed by atoms with van der Waals surface area (Å²) in [6.07, 6.45) is 0. The highest BCUT2D eigenvalue weighted by Crippen LogP contribution is 2.17. The van der Waals surface area contributed by atoms with Gasteiger partial charge in [-0.2, -0.15) is 0 Å². The van der Waals surface area contributed by atoms with E-state index < -0.39 is 17.1 Å². The molecule has 0 aliphatic rings. The van der Waals surface area contributed by atoms with Crippen molar-refractivity contribution in [1.29, 1.82) is 0 Å². The lowest BCUT2D eigenvalue weighted by Crippen LogP contribution is -2.39. The van der Waals surface area contributed by atoms with Crippen molar-refractivity contribution in [3.63, 3.8) is 0 Å². The first-order valence-corrected chi connectivity index (χ1v) is 11.7. The van der Waals surface area contributed by atoms with Crippen LogP contribution in [0.4, 0.5) is 0 Å². The van der Waals surface area contributed by atoms with Crippen molar-refractivity contribution in [1.82, 2.24) is 0 Å². The van der Waals surface area contributed by atoms with Gasteiger partial charge in [0.2, 0.25) is 0 Å².